The number of nitrogens with zero attached hydrogens (tertiary/aromatic N) is 1. The van der Waals surface area contributed by atoms with Gasteiger partial charge in [0.2, 0.25) is 5.91 Å². The van der Waals surface area contributed by atoms with Crippen LogP contribution in [0.15, 0.2) is 54.6 Å². The number of halogens is 1. The van der Waals surface area contributed by atoms with Crippen LogP contribution in [-0.2, 0) is 15.1 Å². The van der Waals surface area contributed by atoms with Crippen LogP contribution >= 0.6 is 11.6 Å². The van der Waals surface area contributed by atoms with Crippen LogP contribution in [-0.4, -0.2) is 28.8 Å². The molecule has 2 atom stereocenters. The first-order valence-corrected chi connectivity index (χ1v) is 8.48. The number of anilines is 1. The SMILES string of the molecule is C[C@@H](C(=O)Nc1ccc(Cl)cc1)N1C(=O)N[C@](C)(c2ccccc2)C1=O. The average molecular weight is 372 g/mol. The maximum Gasteiger partial charge on any atom is 0.326 e. The minimum atomic E-state index is -1.20. The average Bonchev–Trinajstić information content (AvgIpc) is 2.87. The maximum atomic E-state index is 12.9. The fourth-order valence-corrected chi connectivity index (χ4v) is 3.00. The number of amides is 4. The predicted octanol–water partition coefficient (Wildman–Crippen LogP) is 3.13. The zero-order chi connectivity index (χ0) is 18.9. The highest BCUT2D eigenvalue weighted by atomic mass is 35.5. The zero-order valence-corrected chi connectivity index (χ0v) is 15.1. The first kappa shape index (κ1) is 17.9. The third-order valence-electron chi connectivity index (χ3n) is 4.45. The first-order chi connectivity index (χ1) is 12.3. The molecule has 7 heteroatoms. The fourth-order valence-electron chi connectivity index (χ4n) is 2.88. The highest BCUT2D eigenvalue weighted by molar-refractivity contribution is 6.30. The molecule has 0 aliphatic carbocycles. The molecule has 1 aliphatic heterocycles. The summed E-state index contributed by atoms with van der Waals surface area (Å²) in [4.78, 5) is 38.8. The van der Waals surface area contributed by atoms with Crippen molar-refractivity contribution in [2.75, 3.05) is 5.32 Å². The lowest BCUT2D eigenvalue weighted by molar-refractivity contribution is -0.136. The molecule has 2 aromatic rings. The van der Waals surface area contributed by atoms with Gasteiger partial charge in [-0.15, -0.1) is 0 Å². The number of benzene rings is 2. The van der Waals surface area contributed by atoms with Gasteiger partial charge >= 0.3 is 6.03 Å². The third kappa shape index (κ3) is 3.15. The van der Waals surface area contributed by atoms with Gasteiger partial charge in [-0.3, -0.25) is 9.59 Å². The van der Waals surface area contributed by atoms with Crippen LogP contribution in [0.25, 0.3) is 0 Å². The molecule has 6 nitrogen and oxygen atoms in total. The topological polar surface area (TPSA) is 78.5 Å². The van der Waals surface area contributed by atoms with Crippen LogP contribution < -0.4 is 10.6 Å². The molecule has 1 aliphatic rings. The van der Waals surface area contributed by atoms with E-state index in [1.807, 2.05) is 6.07 Å². The molecule has 3 rings (SSSR count). The summed E-state index contributed by atoms with van der Waals surface area (Å²) >= 11 is 5.82. The summed E-state index contributed by atoms with van der Waals surface area (Å²) in [5.41, 5.74) is -0.0112. The van der Waals surface area contributed by atoms with E-state index in [0.29, 0.717) is 16.3 Å². The van der Waals surface area contributed by atoms with Gasteiger partial charge in [0.1, 0.15) is 11.6 Å². The smallest absolute Gasteiger partial charge is 0.324 e. The number of urea groups is 1. The predicted molar refractivity (Wildman–Crippen MR) is 98.7 cm³/mol. The summed E-state index contributed by atoms with van der Waals surface area (Å²) in [5, 5.41) is 5.92. The molecule has 0 spiro atoms. The summed E-state index contributed by atoms with van der Waals surface area (Å²) in [6.07, 6.45) is 0. The highest BCUT2D eigenvalue weighted by Gasteiger charge is 2.51. The van der Waals surface area contributed by atoms with Crippen LogP contribution in [0, 0.1) is 0 Å². The Morgan fingerprint density at radius 1 is 1.12 bits per heavy atom. The first-order valence-electron chi connectivity index (χ1n) is 8.10. The Bertz CT molecular complexity index is 854. The molecule has 1 saturated heterocycles. The minimum Gasteiger partial charge on any atom is -0.324 e. The number of hydrogen-bond acceptors (Lipinski definition) is 3. The van der Waals surface area contributed by atoms with Crippen LogP contribution in [0.3, 0.4) is 0 Å². The molecule has 0 radical (unpaired) electrons. The second-order valence-corrected chi connectivity index (χ2v) is 6.70. The Hall–Kier alpha value is -2.86. The largest absolute Gasteiger partial charge is 0.326 e. The van der Waals surface area contributed by atoms with Crippen molar-refractivity contribution in [3.05, 3.63) is 65.2 Å². The van der Waals surface area contributed by atoms with Crippen molar-refractivity contribution in [2.24, 2.45) is 0 Å². The lowest BCUT2D eigenvalue weighted by Crippen LogP contribution is -2.47. The van der Waals surface area contributed by atoms with Crippen molar-refractivity contribution >= 4 is 35.1 Å². The number of rotatable bonds is 4. The van der Waals surface area contributed by atoms with Gasteiger partial charge < -0.3 is 10.6 Å². The molecule has 0 aromatic heterocycles. The second-order valence-electron chi connectivity index (χ2n) is 6.27. The second kappa shape index (κ2) is 6.80. The van der Waals surface area contributed by atoms with Crippen molar-refractivity contribution in [3.8, 4) is 0 Å². The van der Waals surface area contributed by atoms with E-state index < -0.39 is 29.4 Å². The Labute approximate surface area is 156 Å². The van der Waals surface area contributed by atoms with Gasteiger partial charge in [-0.1, -0.05) is 41.9 Å². The number of imide groups is 1. The van der Waals surface area contributed by atoms with E-state index in [1.165, 1.54) is 6.92 Å². The van der Waals surface area contributed by atoms with E-state index in [2.05, 4.69) is 10.6 Å². The van der Waals surface area contributed by atoms with Crippen molar-refractivity contribution in [1.82, 2.24) is 10.2 Å². The van der Waals surface area contributed by atoms with Crippen LogP contribution in [0.5, 0.6) is 0 Å². The summed E-state index contributed by atoms with van der Waals surface area (Å²) in [7, 11) is 0. The lowest BCUT2D eigenvalue weighted by atomic mass is 9.92. The van der Waals surface area contributed by atoms with E-state index in [1.54, 1.807) is 55.5 Å². The van der Waals surface area contributed by atoms with Crippen molar-refractivity contribution in [2.45, 2.75) is 25.4 Å². The normalized spacial score (nSPS) is 20.7. The van der Waals surface area contributed by atoms with E-state index in [0.717, 1.165) is 4.90 Å². The Kier molecular flexibility index (Phi) is 4.70. The summed E-state index contributed by atoms with van der Waals surface area (Å²) < 4.78 is 0. The Morgan fingerprint density at radius 2 is 1.73 bits per heavy atom. The van der Waals surface area contributed by atoms with Crippen molar-refractivity contribution < 1.29 is 14.4 Å². The Morgan fingerprint density at radius 3 is 2.35 bits per heavy atom. The van der Waals surface area contributed by atoms with Crippen molar-refractivity contribution in [3.63, 3.8) is 0 Å². The molecule has 134 valence electrons. The highest BCUT2D eigenvalue weighted by Crippen LogP contribution is 2.30. The van der Waals surface area contributed by atoms with Crippen LogP contribution in [0.4, 0.5) is 10.5 Å². The van der Waals surface area contributed by atoms with Gasteiger partial charge in [0.15, 0.2) is 0 Å². The van der Waals surface area contributed by atoms with Gasteiger partial charge in [-0.05, 0) is 43.7 Å². The van der Waals surface area contributed by atoms with Crippen LogP contribution in [0.2, 0.25) is 5.02 Å². The minimum absolute atomic E-state index is 0.465. The standard InChI is InChI=1S/C19H18ClN3O3/c1-12(16(24)21-15-10-8-14(20)9-11-15)23-17(25)19(2,22-18(23)26)13-6-4-3-5-7-13/h3-12H,1-2H3,(H,21,24)(H,22,26)/t12-,19+/m0/s1. The molecule has 0 bridgehead atoms. The third-order valence-corrected chi connectivity index (χ3v) is 4.70. The number of carbonyl (C=O) groups is 3. The fraction of sp³-hybridized carbons (Fsp3) is 0.211. The van der Waals surface area contributed by atoms with Gasteiger partial charge in [0.05, 0.1) is 0 Å². The quantitative estimate of drug-likeness (QED) is 0.810. The molecular weight excluding hydrogens is 354 g/mol. The molecule has 26 heavy (non-hydrogen) atoms. The molecule has 1 heterocycles. The van der Waals surface area contributed by atoms with Gasteiger partial charge in [-0.25, -0.2) is 9.69 Å². The van der Waals surface area contributed by atoms with E-state index in [-0.39, 0.29) is 0 Å². The molecule has 4 amide bonds. The summed E-state index contributed by atoms with van der Waals surface area (Å²) in [6.45, 7) is 3.14. The summed E-state index contributed by atoms with van der Waals surface area (Å²) in [6, 6.07) is 13.9. The molecule has 1 fully saturated rings. The van der Waals surface area contributed by atoms with E-state index in [9.17, 15) is 14.4 Å². The van der Waals surface area contributed by atoms with E-state index >= 15 is 0 Å². The molecule has 0 saturated carbocycles. The lowest BCUT2D eigenvalue weighted by Gasteiger charge is -2.24. The van der Waals surface area contributed by atoms with Crippen molar-refractivity contribution in [1.29, 1.82) is 0 Å². The van der Waals surface area contributed by atoms with Gasteiger partial charge in [-0.2, -0.15) is 0 Å². The molecular formula is C19H18ClN3O3. The number of hydrogen-bond donors (Lipinski definition) is 2. The summed E-state index contributed by atoms with van der Waals surface area (Å²) in [5.74, 6) is -0.930. The number of carbonyl (C=O) groups excluding carboxylic acids is 3. The van der Waals surface area contributed by atoms with Gasteiger partial charge in [0.25, 0.3) is 5.91 Å². The molecule has 2 aromatic carbocycles. The monoisotopic (exact) mass is 371 g/mol. The maximum absolute atomic E-state index is 12.9. The van der Waals surface area contributed by atoms with Gasteiger partial charge in [0, 0.05) is 10.7 Å². The Balaban J connectivity index is 1.80. The molecule has 0 unspecified atom stereocenters. The van der Waals surface area contributed by atoms with Crippen LogP contribution in [0.1, 0.15) is 19.4 Å². The molecule has 2 N–H and O–H groups in total. The number of nitrogens with one attached hydrogen (secondary N) is 2. The zero-order valence-electron chi connectivity index (χ0n) is 14.3. The van der Waals surface area contributed by atoms with E-state index in [4.69, 9.17) is 11.6 Å².